The van der Waals surface area contributed by atoms with E-state index in [2.05, 4.69) is 89.2 Å². The smallest absolute Gasteiger partial charge is 0.00926 e. The molecule has 0 fully saturated rings. The van der Waals surface area contributed by atoms with Crippen molar-refractivity contribution in [3.8, 4) is 11.1 Å². The van der Waals surface area contributed by atoms with Gasteiger partial charge in [-0.3, -0.25) is 0 Å². The molecule has 0 saturated carbocycles. The van der Waals surface area contributed by atoms with E-state index in [1.807, 2.05) is 0 Å². The van der Waals surface area contributed by atoms with Crippen LogP contribution in [0.2, 0.25) is 0 Å². The van der Waals surface area contributed by atoms with Crippen molar-refractivity contribution in [1.82, 2.24) is 0 Å². The Morgan fingerprint density at radius 2 is 1.00 bits per heavy atom. The van der Waals surface area contributed by atoms with Gasteiger partial charge in [0.2, 0.25) is 0 Å². The van der Waals surface area contributed by atoms with Crippen LogP contribution in [0.25, 0.3) is 22.8 Å². The Hall–Kier alpha value is -2.60. The van der Waals surface area contributed by atoms with Gasteiger partial charge in [0.15, 0.2) is 0 Å². The molecule has 0 heterocycles. The number of benzene rings is 3. The van der Waals surface area contributed by atoms with E-state index >= 15 is 0 Å². The third-order valence-corrected chi connectivity index (χ3v) is 5.25. The highest BCUT2D eigenvalue weighted by Gasteiger charge is 2.23. The van der Waals surface area contributed by atoms with Gasteiger partial charge in [-0.1, -0.05) is 65.2 Å². The molecule has 0 bridgehead atoms. The van der Waals surface area contributed by atoms with E-state index in [0.717, 1.165) is 0 Å². The van der Waals surface area contributed by atoms with Crippen LogP contribution in [-0.4, -0.2) is 0 Å². The van der Waals surface area contributed by atoms with Crippen LogP contribution in [0.1, 0.15) is 44.5 Å². The van der Waals surface area contributed by atoms with Crippen LogP contribution in [0.5, 0.6) is 0 Å². The summed E-state index contributed by atoms with van der Waals surface area (Å²) in [6.45, 7) is 11.0. The second-order valence-electron chi connectivity index (χ2n) is 7.47. The van der Waals surface area contributed by atoms with E-state index in [1.54, 1.807) is 0 Å². The lowest BCUT2D eigenvalue weighted by Gasteiger charge is -2.11. The zero-order valence-corrected chi connectivity index (χ0v) is 15.7. The summed E-state index contributed by atoms with van der Waals surface area (Å²) in [6, 6.07) is 18.2. The number of aryl methyl sites for hydroxylation is 5. The van der Waals surface area contributed by atoms with Gasteiger partial charge in [0.1, 0.15) is 0 Å². The molecule has 1 aliphatic carbocycles. The van der Waals surface area contributed by atoms with Gasteiger partial charge in [-0.15, -0.1) is 0 Å². The SMILES string of the molecule is Cc1cc(C)c(C=C2c3cc(C)ccc3-c3ccc(C)cc32)c(C)c1. The normalized spacial score (nSPS) is 12.1. The van der Waals surface area contributed by atoms with Crippen molar-refractivity contribution in [1.29, 1.82) is 0 Å². The van der Waals surface area contributed by atoms with Crippen LogP contribution in [0.3, 0.4) is 0 Å². The fraction of sp³-hybridized carbons (Fsp3) is 0.200. The second kappa shape index (κ2) is 5.74. The Morgan fingerprint density at radius 1 is 0.520 bits per heavy atom. The molecule has 1 aliphatic rings. The Balaban J connectivity index is 2.02. The molecule has 0 spiro atoms. The van der Waals surface area contributed by atoms with E-state index in [1.165, 1.54) is 61.2 Å². The van der Waals surface area contributed by atoms with E-state index in [9.17, 15) is 0 Å². The van der Waals surface area contributed by atoms with Gasteiger partial charge in [0.25, 0.3) is 0 Å². The maximum Gasteiger partial charge on any atom is -0.00926 e. The molecule has 4 rings (SSSR count). The molecule has 0 aromatic heterocycles. The molecule has 3 aromatic carbocycles. The van der Waals surface area contributed by atoms with Crippen molar-refractivity contribution in [2.75, 3.05) is 0 Å². The lowest BCUT2D eigenvalue weighted by molar-refractivity contribution is 1.30. The lowest BCUT2D eigenvalue weighted by Crippen LogP contribution is -1.91. The Bertz CT molecular complexity index is 955. The molecule has 3 aromatic rings. The summed E-state index contributed by atoms with van der Waals surface area (Å²) in [5, 5.41) is 0. The predicted octanol–water partition coefficient (Wildman–Crippen LogP) is 6.80. The van der Waals surface area contributed by atoms with Crippen molar-refractivity contribution in [3.63, 3.8) is 0 Å². The van der Waals surface area contributed by atoms with Crippen LogP contribution in [0.15, 0.2) is 48.5 Å². The number of hydrogen-bond acceptors (Lipinski definition) is 0. The van der Waals surface area contributed by atoms with Gasteiger partial charge < -0.3 is 0 Å². The summed E-state index contributed by atoms with van der Waals surface area (Å²) in [5.41, 5.74) is 14.8. The lowest BCUT2D eigenvalue weighted by atomic mass is 9.94. The number of hydrogen-bond donors (Lipinski definition) is 0. The molecule has 0 radical (unpaired) electrons. The molecular weight excluding hydrogens is 300 g/mol. The molecule has 0 nitrogen and oxygen atoms in total. The molecule has 0 amide bonds. The van der Waals surface area contributed by atoms with Gasteiger partial charge >= 0.3 is 0 Å². The van der Waals surface area contributed by atoms with E-state index in [0.29, 0.717) is 0 Å². The highest BCUT2D eigenvalue weighted by Crippen LogP contribution is 2.46. The Morgan fingerprint density at radius 3 is 1.48 bits per heavy atom. The van der Waals surface area contributed by atoms with Crippen molar-refractivity contribution in [2.24, 2.45) is 0 Å². The average molecular weight is 324 g/mol. The van der Waals surface area contributed by atoms with Crippen molar-refractivity contribution >= 4 is 11.6 Å². The summed E-state index contributed by atoms with van der Waals surface area (Å²) < 4.78 is 0. The minimum Gasteiger partial charge on any atom is -0.0587 e. The van der Waals surface area contributed by atoms with Crippen LogP contribution in [-0.2, 0) is 0 Å². The quantitative estimate of drug-likeness (QED) is 0.361. The first-order chi connectivity index (χ1) is 11.9. The molecular formula is C25H24. The van der Waals surface area contributed by atoms with Crippen LogP contribution >= 0.6 is 0 Å². The average Bonchev–Trinajstić information content (AvgIpc) is 2.83. The molecule has 0 atom stereocenters. The van der Waals surface area contributed by atoms with Crippen LogP contribution < -0.4 is 0 Å². The fourth-order valence-corrected chi connectivity index (χ4v) is 4.10. The Kier molecular flexibility index (Phi) is 3.65. The topological polar surface area (TPSA) is 0 Å². The first kappa shape index (κ1) is 15.9. The highest BCUT2D eigenvalue weighted by molar-refractivity contribution is 6.07. The van der Waals surface area contributed by atoms with E-state index in [-0.39, 0.29) is 0 Å². The van der Waals surface area contributed by atoms with Gasteiger partial charge in [0, 0.05) is 0 Å². The van der Waals surface area contributed by atoms with Crippen molar-refractivity contribution in [2.45, 2.75) is 34.6 Å². The van der Waals surface area contributed by atoms with Gasteiger partial charge in [-0.2, -0.15) is 0 Å². The highest BCUT2D eigenvalue weighted by atomic mass is 14.3. The van der Waals surface area contributed by atoms with Gasteiger partial charge in [0.05, 0.1) is 0 Å². The molecule has 0 aliphatic heterocycles. The second-order valence-corrected chi connectivity index (χ2v) is 7.47. The summed E-state index contributed by atoms with van der Waals surface area (Å²) in [5.74, 6) is 0. The van der Waals surface area contributed by atoms with Gasteiger partial charge in [-0.05, 0) is 85.2 Å². The first-order valence-electron chi connectivity index (χ1n) is 8.96. The minimum atomic E-state index is 1.31. The number of rotatable bonds is 1. The van der Waals surface area contributed by atoms with Crippen LogP contribution in [0.4, 0.5) is 0 Å². The summed E-state index contributed by atoms with van der Waals surface area (Å²) in [4.78, 5) is 0. The van der Waals surface area contributed by atoms with Crippen molar-refractivity contribution < 1.29 is 0 Å². The Labute approximate surface area is 150 Å². The molecule has 124 valence electrons. The maximum atomic E-state index is 2.40. The fourth-order valence-electron chi connectivity index (χ4n) is 4.10. The molecule has 0 N–H and O–H groups in total. The van der Waals surface area contributed by atoms with Crippen LogP contribution in [0, 0.1) is 34.6 Å². The monoisotopic (exact) mass is 324 g/mol. The number of fused-ring (bicyclic) bond motifs is 3. The van der Waals surface area contributed by atoms with Gasteiger partial charge in [-0.25, -0.2) is 0 Å². The zero-order valence-electron chi connectivity index (χ0n) is 15.7. The first-order valence-corrected chi connectivity index (χ1v) is 8.96. The molecule has 0 unspecified atom stereocenters. The van der Waals surface area contributed by atoms with Crippen molar-refractivity contribution in [3.05, 3.63) is 93.0 Å². The van der Waals surface area contributed by atoms with E-state index < -0.39 is 0 Å². The zero-order chi connectivity index (χ0) is 17.7. The third kappa shape index (κ3) is 2.62. The predicted molar refractivity (Wildman–Crippen MR) is 109 cm³/mol. The largest absolute Gasteiger partial charge is 0.0587 e. The van der Waals surface area contributed by atoms with E-state index in [4.69, 9.17) is 0 Å². The summed E-state index contributed by atoms with van der Waals surface area (Å²) in [7, 11) is 0. The minimum absolute atomic E-state index is 1.31. The standard InChI is InChI=1S/C25H24/c1-15-6-8-20-21-9-7-16(2)13-24(21)25(23(20)12-15)14-22-18(4)10-17(3)11-19(22)5/h6-14H,1-5H3. The maximum absolute atomic E-state index is 2.40. The molecule has 0 heteroatoms. The third-order valence-electron chi connectivity index (χ3n) is 5.25. The summed E-state index contributed by atoms with van der Waals surface area (Å²) in [6.07, 6.45) is 2.40. The summed E-state index contributed by atoms with van der Waals surface area (Å²) >= 11 is 0. The molecule has 25 heavy (non-hydrogen) atoms. The molecule has 0 saturated heterocycles.